The van der Waals surface area contributed by atoms with E-state index in [2.05, 4.69) is 4.74 Å². The average Bonchev–Trinajstić information content (AvgIpc) is 2.77. The lowest BCUT2D eigenvalue weighted by atomic mass is 9.99. The molecular weight excluding hydrogens is 396 g/mol. The molecule has 0 bridgehead atoms. The van der Waals surface area contributed by atoms with Gasteiger partial charge in [0, 0.05) is 0 Å². The lowest BCUT2D eigenvalue weighted by Gasteiger charge is -2.08. The van der Waals surface area contributed by atoms with Crippen molar-refractivity contribution in [1.29, 1.82) is 0 Å². The van der Waals surface area contributed by atoms with Crippen molar-refractivity contribution >= 4 is 39.5 Å². The number of fused-ring (bicyclic) bond motifs is 2. The summed E-state index contributed by atoms with van der Waals surface area (Å²) in [5.74, 6) is -2.64. The van der Waals surface area contributed by atoms with E-state index in [0.29, 0.717) is 10.9 Å². The number of esters is 1. The van der Waals surface area contributed by atoms with Gasteiger partial charge >= 0.3 is 17.9 Å². The van der Waals surface area contributed by atoms with E-state index in [-0.39, 0.29) is 11.1 Å². The third-order valence-corrected chi connectivity index (χ3v) is 4.90. The predicted octanol–water partition coefficient (Wildman–Crippen LogP) is 5.17. The number of hydrogen-bond donors (Lipinski definition) is 2. The van der Waals surface area contributed by atoms with Crippen LogP contribution in [0.2, 0.25) is 0 Å². The van der Waals surface area contributed by atoms with Crippen LogP contribution in [-0.4, -0.2) is 35.2 Å². The smallest absolute Gasteiger partial charge is 0.339 e. The lowest BCUT2D eigenvalue weighted by Crippen LogP contribution is -2.10. The second-order valence-corrected chi connectivity index (χ2v) is 6.79. The van der Waals surface area contributed by atoms with E-state index in [1.165, 1.54) is 13.2 Å². The van der Waals surface area contributed by atoms with Gasteiger partial charge in [-0.1, -0.05) is 66.7 Å². The van der Waals surface area contributed by atoms with Gasteiger partial charge in [-0.25, -0.2) is 14.4 Å². The van der Waals surface area contributed by atoms with Crippen LogP contribution in [0, 0.1) is 6.92 Å². The number of carboxylic acid groups (broad SMARTS) is 2. The molecule has 0 saturated carbocycles. The van der Waals surface area contributed by atoms with Crippen molar-refractivity contribution < 1.29 is 29.3 Å². The number of aryl methyl sites for hydroxylation is 1. The van der Waals surface area contributed by atoms with Gasteiger partial charge in [0.25, 0.3) is 0 Å². The first-order chi connectivity index (χ1) is 14.8. The van der Waals surface area contributed by atoms with Gasteiger partial charge in [0.15, 0.2) is 0 Å². The van der Waals surface area contributed by atoms with E-state index in [4.69, 9.17) is 10.2 Å². The third-order valence-electron chi connectivity index (χ3n) is 4.90. The molecule has 0 spiro atoms. The first-order valence-electron chi connectivity index (χ1n) is 9.40. The number of aromatic carboxylic acids is 2. The number of hydrogen-bond acceptors (Lipinski definition) is 4. The molecule has 4 aromatic carbocycles. The van der Waals surface area contributed by atoms with E-state index in [1.54, 1.807) is 18.2 Å². The number of ether oxygens (including phenoxy) is 1. The van der Waals surface area contributed by atoms with E-state index < -0.39 is 17.9 Å². The number of methoxy groups -OCH3 is 1. The van der Waals surface area contributed by atoms with E-state index >= 15 is 0 Å². The van der Waals surface area contributed by atoms with Gasteiger partial charge in [-0.05, 0) is 40.1 Å². The summed E-state index contributed by atoms with van der Waals surface area (Å²) in [5.41, 5.74) is 1.26. The van der Waals surface area contributed by atoms with Crippen LogP contribution in [0.3, 0.4) is 0 Å². The van der Waals surface area contributed by atoms with E-state index in [0.717, 1.165) is 21.7 Å². The quantitative estimate of drug-likeness (QED) is 0.447. The third kappa shape index (κ3) is 4.38. The second kappa shape index (κ2) is 9.09. The largest absolute Gasteiger partial charge is 0.478 e. The summed E-state index contributed by atoms with van der Waals surface area (Å²) in [5, 5.41) is 21.3. The van der Waals surface area contributed by atoms with Crippen molar-refractivity contribution in [2.24, 2.45) is 0 Å². The molecule has 4 aromatic rings. The topological polar surface area (TPSA) is 101 Å². The summed E-state index contributed by atoms with van der Waals surface area (Å²) in [7, 11) is 1.23. The monoisotopic (exact) mass is 416 g/mol. The summed E-state index contributed by atoms with van der Waals surface area (Å²) < 4.78 is 4.63. The molecule has 6 heteroatoms. The van der Waals surface area contributed by atoms with Crippen LogP contribution in [0.25, 0.3) is 21.5 Å². The molecule has 0 aliphatic heterocycles. The highest BCUT2D eigenvalue weighted by Crippen LogP contribution is 2.24. The van der Waals surface area contributed by atoms with Crippen molar-refractivity contribution in [1.82, 2.24) is 0 Å². The fourth-order valence-corrected chi connectivity index (χ4v) is 3.44. The average molecular weight is 416 g/mol. The minimum Gasteiger partial charge on any atom is -0.478 e. The molecule has 0 atom stereocenters. The van der Waals surface area contributed by atoms with Gasteiger partial charge in [-0.15, -0.1) is 0 Å². The molecule has 156 valence electrons. The Morgan fingerprint density at radius 1 is 0.677 bits per heavy atom. The van der Waals surface area contributed by atoms with Gasteiger partial charge in [0.05, 0.1) is 23.8 Å². The molecule has 0 aromatic heterocycles. The Kier molecular flexibility index (Phi) is 6.31. The zero-order valence-electron chi connectivity index (χ0n) is 17.0. The first-order valence-corrected chi connectivity index (χ1v) is 9.40. The molecule has 2 N–H and O–H groups in total. The lowest BCUT2D eigenvalue weighted by molar-refractivity contribution is 0.0585. The molecule has 0 saturated heterocycles. The van der Waals surface area contributed by atoms with Crippen molar-refractivity contribution in [2.45, 2.75) is 6.92 Å². The van der Waals surface area contributed by atoms with Gasteiger partial charge in [-0.2, -0.15) is 0 Å². The molecule has 0 aliphatic carbocycles. The number of rotatable bonds is 3. The van der Waals surface area contributed by atoms with E-state index in [9.17, 15) is 14.4 Å². The molecule has 0 fully saturated rings. The summed E-state index contributed by atoms with van der Waals surface area (Å²) >= 11 is 0. The summed E-state index contributed by atoms with van der Waals surface area (Å²) in [6.45, 7) is 1.82. The highest BCUT2D eigenvalue weighted by Gasteiger charge is 2.19. The molecular formula is C25H20O6. The Bertz CT molecular complexity index is 1310. The van der Waals surface area contributed by atoms with Crippen molar-refractivity contribution in [3.63, 3.8) is 0 Å². The molecule has 0 aliphatic rings. The van der Waals surface area contributed by atoms with Crippen LogP contribution < -0.4 is 0 Å². The van der Waals surface area contributed by atoms with Gasteiger partial charge < -0.3 is 14.9 Å². The Hall–Kier alpha value is -4.19. The molecule has 0 heterocycles. The van der Waals surface area contributed by atoms with Crippen molar-refractivity contribution in [3.8, 4) is 0 Å². The van der Waals surface area contributed by atoms with Crippen LogP contribution in [0.1, 0.15) is 36.6 Å². The zero-order chi connectivity index (χ0) is 22.5. The minimum absolute atomic E-state index is 0.0458. The highest BCUT2D eigenvalue weighted by molar-refractivity contribution is 6.12. The van der Waals surface area contributed by atoms with Gasteiger partial charge in [0.1, 0.15) is 0 Å². The standard InChI is InChI=1S/C13H10O4.C12H10O2/c1-17-13(16)11-9-5-3-2-4-8(9)6-7-10(11)12(14)15;1-8-6-7-9-4-2-3-5-10(9)11(8)12(13)14/h2-7H,1H3,(H,14,15);2-7H,1H3,(H,13,14). The zero-order valence-corrected chi connectivity index (χ0v) is 17.0. The summed E-state index contributed by atoms with van der Waals surface area (Å²) in [4.78, 5) is 33.8. The molecule has 31 heavy (non-hydrogen) atoms. The van der Waals surface area contributed by atoms with Crippen molar-refractivity contribution in [3.05, 3.63) is 95.1 Å². The maximum Gasteiger partial charge on any atom is 0.339 e. The number of carboxylic acids is 2. The van der Waals surface area contributed by atoms with Crippen molar-refractivity contribution in [2.75, 3.05) is 7.11 Å². The molecule has 0 amide bonds. The van der Waals surface area contributed by atoms with Crippen LogP contribution >= 0.6 is 0 Å². The summed E-state index contributed by atoms with van der Waals surface area (Å²) in [6.07, 6.45) is 0. The SMILES string of the molecule is COC(=O)c1c(C(=O)O)ccc2ccccc12.Cc1ccc2ccccc2c1C(=O)O. The van der Waals surface area contributed by atoms with Gasteiger partial charge in [0.2, 0.25) is 0 Å². The highest BCUT2D eigenvalue weighted by atomic mass is 16.5. The Balaban J connectivity index is 0.000000179. The maximum absolute atomic E-state index is 11.7. The van der Waals surface area contributed by atoms with Crippen LogP contribution in [0.5, 0.6) is 0 Å². The number of benzene rings is 4. The van der Waals surface area contributed by atoms with E-state index in [1.807, 2.05) is 55.5 Å². The predicted molar refractivity (Wildman–Crippen MR) is 118 cm³/mol. The summed E-state index contributed by atoms with van der Waals surface area (Å²) in [6, 6.07) is 21.5. The normalized spacial score (nSPS) is 10.3. The first kappa shape index (κ1) is 21.5. The maximum atomic E-state index is 11.7. The minimum atomic E-state index is -1.14. The van der Waals surface area contributed by atoms with Crippen LogP contribution in [-0.2, 0) is 4.74 Å². The fourth-order valence-electron chi connectivity index (χ4n) is 3.44. The molecule has 0 unspecified atom stereocenters. The number of carbonyl (C=O) groups is 3. The Labute approximate surface area is 178 Å². The van der Waals surface area contributed by atoms with Crippen LogP contribution in [0.15, 0.2) is 72.8 Å². The number of carbonyl (C=O) groups excluding carboxylic acids is 1. The molecule has 0 radical (unpaired) electrons. The van der Waals surface area contributed by atoms with Gasteiger partial charge in [-0.3, -0.25) is 0 Å². The second-order valence-electron chi connectivity index (χ2n) is 6.79. The molecule has 6 nitrogen and oxygen atoms in total. The van der Waals surface area contributed by atoms with Crippen LogP contribution in [0.4, 0.5) is 0 Å². The Morgan fingerprint density at radius 3 is 1.71 bits per heavy atom. The molecule has 4 rings (SSSR count). The Morgan fingerprint density at radius 2 is 1.19 bits per heavy atom. The fraction of sp³-hybridized carbons (Fsp3) is 0.0800.